The lowest BCUT2D eigenvalue weighted by Gasteiger charge is -2.35. The molecule has 5 rings (SSSR count). The van der Waals surface area contributed by atoms with Gasteiger partial charge in [-0.25, -0.2) is 8.42 Å². The van der Waals surface area contributed by atoms with Crippen LogP contribution in [0, 0.1) is 6.92 Å². The van der Waals surface area contributed by atoms with Crippen molar-refractivity contribution < 1.29 is 27.4 Å². The molecule has 1 fully saturated rings. The molecular weight excluding hydrogens is 488 g/mol. The largest absolute Gasteiger partial charge is 0.492 e. The minimum absolute atomic E-state index is 0.0797. The maximum Gasteiger partial charge on any atom is 0.263 e. The molecule has 36 heavy (non-hydrogen) atoms. The van der Waals surface area contributed by atoms with Gasteiger partial charge in [-0.2, -0.15) is 4.31 Å². The van der Waals surface area contributed by atoms with E-state index in [0.717, 1.165) is 11.3 Å². The third-order valence-electron chi connectivity index (χ3n) is 7.22. The van der Waals surface area contributed by atoms with Gasteiger partial charge in [0.15, 0.2) is 11.5 Å². The van der Waals surface area contributed by atoms with Gasteiger partial charge in [0.25, 0.3) is 11.5 Å². The van der Waals surface area contributed by atoms with Crippen LogP contribution in [-0.2, 0) is 30.0 Å². The zero-order valence-corrected chi connectivity index (χ0v) is 21.7. The van der Waals surface area contributed by atoms with Crippen molar-refractivity contribution in [1.29, 1.82) is 0 Å². The first kappa shape index (κ1) is 24.6. The highest BCUT2D eigenvalue weighted by molar-refractivity contribution is 7.89. The Labute approximate surface area is 209 Å². The molecule has 1 aromatic heterocycles. The number of nitrogens with zero attached hydrogens (tertiary/aromatic N) is 4. The zero-order valence-electron chi connectivity index (χ0n) is 20.9. The lowest BCUT2D eigenvalue weighted by Crippen LogP contribution is -2.51. The number of methoxy groups -OCH3 is 1. The van der Waals surface area contributed by atoms with Gasteiger partial charge in [0, 0.05) is 57.6 Å². The van der Waals surface area contributed by atoms with Gasteiger partial charge in [0.2, 0.25) is 22.6 Å². The van der Waals surface area contributed by atoms with E-state index >= 15 is 0 Å². The minimum Gasteiger partial charge on any atom is -0.492 e. The molecule has 1 aromatic carbocycles. The number of aryl methyl sites for hydroxylation is 1. The van der Waals surface area contributed by atoms with Crippen molar-refractivity contribution in [3.05, 3.63) is 44.9 Å². The molecule has 12 heteroatoms. The second-order valence-corrected chi connectivity index (χ2v) is 11.2. The average Bonchev–Trinajstić information content (AvgIpc) is 3.34. The van der Waals surface area contributed by atoms with Crippen LogP contribution in [0.25, 0.3) is 0 Å². The number of piperazine rings is 1. The summed E-state index contributed by atoms with van der Waals surface area (Å²) in [6, 6.07) is 3.26. The molecule has 0 atom stereocenters. The number of aromatic nitrogens is 1. The molecule has 0 radical (unpaired) electrons. The quantitative estimate of drug-likeness (QED) is 0.578. The normalized spacial score (nSPS) is 18.3. The van der Waals surface area contributed by atoms with Crippen molar-refractivity contribution >= 4 is 15.9 Å². The van der Waals surface area contributed by atoms with Crippen LogP contribution in [0.5, 0.6) is 17.2 Å². The minimum atomic E-state index is -3.96. The maximum absolute atomic E-state index is 14.0. The molecule has 1 saturated heterocycles. The molecule has 4 heterocycles. The van der Waals surface area contributed by atoms with Crippen LogP contribution in [0.3, 0.4) is 0 Å². The van der Waals surface area contributed by atoms with Crippen LogP contribution < -0.4 is 19.8 Å². The predicted molar refractivity (Wildman–Crippen MR) is 130 cm³/mol. The Balaban J connectivity index is 1.44. The first-order valence-corrected chi connectivity index (χ1v) is 13.2. The molecule has 3 aliphatic rings. The van der Waals surface area contributed by atoms with Crippen LogP contribution >= 0.6 is 0 Å². The fourth-order valence-electron chi connectivity index (χ4n) is 5.06. The first-order chi connectivity index (χ1) is 17.1. The lowest BCUT2D eigenvalue weighted by molar-refractivity contribution is 0.0695. The van der Waals surface area contributed by atoms with E-state index in [9.17, 15) is 18.0 Å². The van der Waals surface area contributed by atoms with Gasteiger partial charge in [-0.1, -0.05) is 0 Å². The third kappa shape index (κ3) is 3.84. The number of hydrogen-bond donors (Lipinski definition) is 0. The number of likely N-dealkylation sites (N-methyl/N-ethyl adjacent to an activating group) is 1. The highest BCUT2D eigenvalue weighted by Crippen LogP contribution is 2.51. The van der Waals surface area contributed by atoms with Crippen molar-refractivity contribution in [2.75, 3.05) is 53.7 Å². The van der Waals surface area contributed by atoms with E-state index in [4.69, 9.17) is 14.2 Å². The molecule has 0 spiro atoms. The molecule has 0 aliphatic carbocycles. The average molecular weight is 519 g/mol. The molecular formula is C24H30N4O7S. The van der Waals surface area contributed by atoms with Crippen LogP contribution in [-0.4, -0.2) is 86.7 Å². The van der Waals surface area contributed by atoms with E-state index in [-0.39, 0.29) is 54.7 Å². The number of benzene rings is 1. The monoisotopic (exact) mass is 518 g/mol. The number of hydrogen-bond acceptors (Lipinski definition) is 8. The maximum atomic E-state index is 14.0. The number of ether oxygens (including phenoxy) is 3. The van der Waals surface area contributed by atoms with Crippen LogP contribution in [0.2, 0.25) is 0 Å². The summed E-state index contributed by atoms with van der Waals surface area (Å²) in [5.41, 5.74) is 1.95. The fraction of sp³-hybridized carbons (Fsp3) is 0.500. The number of carbonyl (C=O) groups is 1. The number of pyridine rings is 1. The standard InChI is InChI=1S/C24H30N4O7S/c1-15-5-6-17(23(29)26(15)3)24(30)27-9-11-28(12-10-27)36(31,32)22-16-7-8-25(2)13-18(16)19(33-4)20-21(22)35-14-34-20/h5-6H,7-14H2,1-4H3. The van der Waals surface area contributed by atoms with Gasteiger partial charge in [-0.05, 0) is 38.1 Å². The summed E-state index contributed by atoms with van der Waals surface area (Å²) in [5, 5.41) is 0. The van der Waals surface area contributed by atoms with E-state index in [2.05, 4.69) is 4.90 Å². The summed E-state index contributed by atoms with van der Waals surface area (Å²) < 4.78 is 47.7. The van der Waals surface area contributed by atoms with Crippen LogP contribution in [0.1, 0.15) is 27.2 Å². The Morgan fingerprint density at radius 3 is 2.39 bits per heavy atom. The number of amides is 1. The highest BCUT2D eigenvalue weighted by Gasteiger charge is 2.41. The smallest absolute Gasteiger partial charge is 0.263 e. The molecule has 194 valence electrons. The van der Waals surface area contributed by atoms with E-state index in [1.54, 1.807) is 20.0 Å². The molecule has 0 bridgehead atoms. The summed E-state index contributed by atoms with van der Waals surface area (Å²) in [6.07, 6.45) is 0.530. The number of fused-ring (bicyclic) bond motifs is 2. The Hall–Kier alpha value is -3.09. The highest BCUT2D eigenvalue weighted by atomic mass is 32.2. The Morgan fingerprint density at radius 2 is 1.69 bits per heavy atom. The lowest BCUT2D eigenvalue weighted by atomic mass is 9.97. The Morgan fingerprint density at radius 1 is 1.00 bits per heavy atom. The molecule has 2 aromatic rings. The summed E-state index contributed by atoms with van der Waals surface area (Å²) >= 11 is 0. The van der Waals surface area contributed by atoms with Gasteiger partial charge < -0.3 is 28.6 Å². The fourth-order valence-corrected chi connectivity index (χ4v) is 6.88. The van der Waals surface area contributed by atoms with Crippen molar-refractivity contribution in [3.63, 3.8) is 0 Å². The Bertz CT molecular complexity index is 1390. The van der Waals surface area contributed by atoms with E-state index in [1.165, 1.54) is 26.9 Å². The van der Waals surface area contributed by atoms with Crippen LogP contribution in [0.4, 0.5) is 0 Å². The summed E-state index contributed by atoms with van der Waals surface area (Å²) in [5.74, 6) is 0.624. The van der Waals surface area contributed by atoms with Gasteiger partial charge in [0.1, 0.15) is 10.5 Å². The number of sulfonamides is 1. The second-order valence-electron chi connectivity index (χ2n) is 9.32. The number of rotatable bonds is 4. The van der Waals surface area contributed by atoms with Gasteiger partial charge in [-0.3, -0.25) is 9.59 Å². The molecule has 0 N–H and O–H groups in total. The third-order valence-corrected chi connectivity index (χ3v) is 9.22. The van der Waals surface area contributed by atoms with Crippen molar-refractivity contribution in [1.82, 2.24) is 18.7 Å². The number of carbonyl (C=O) groups excluding carboxylic acids is 1. The zero-order chi connectivity index (χ0) is 25.8. The Kier molecular flexibility index (Phi) is 6.21. The van der Waals surface area contributed by atoms with Crippen molar-refractivity contribution in [3.8, 4) is 17.2 Å². The summed E-state index contributed by atoms with van der Waals surface area (Å²) in [7, 11) is 1.18. The SMILES string of the molecule is COc1c2c(c(S(=O)(=O)N3CCN(C(=O)c4ccc(C)n(C)c4=O)CC3)c3c1OCO3)CCN(C)C2. The van der Waals surface area contributed by atoms with Crippen molar-refractivity contribution in [2.45, 2.75) is 24.8 Å². The van der Waals surface area contributed by atoms with E-state index < -0.39 is 15.9 Å². The summed E-state index contributed by atoms with van der Waals surface area (Å²) in [6.45, 7) is 3.51. The van der Waals surface area contributed by atoms with Gasteiger partial charge in [-0.15, -0.1) is 0 Å². The second kappa shape index (κ2) is 9.09. The predicted octanol–water partition coefficient (Wildman–Crippen LogP) is 0.566. The van der Waals surface area contributed by atoms with E-state index in [0.29, 0.717) is 36.6 Å². The molecule has 0 unspecified atom stereocenters. The molecule has 11 nitrogen and oxygen atoms in total. The van der Waals surface area contributed by atoms with Crippen molar-refractivity contribution in [2.24, 2.45) is 7.05 Å². The topological polar surface area (TPSA) is 111 Å². The molecule has 3 aliphatic heterocycles. The van der Waals surface area contributed by atoms with Gasteiger partial charge >= 0.3 is 0 Å². The van der Waals surface area contributed by atoms with Crippen LogP contribution in [0.15, 0.2) is 21.8 Å². The van der Waals surface area contributed by atoms with Gasteiger partial charge in [0.05, 0.1) is 7.11 Å². The molecule has 1 amide bonds. The van der Waals surface area contributed by atoms with E-state index in [1.807, 2.05) is 7.05 Å². The summed E-state index contributed by atoms with van der Waals surface area (Å²) in [4.78, 5) is 29.4. The molecule has 0 saturated carbocycles. The first-order valence-electron chi connectivity index (χ1n) is 11.8.